The maximum atomic E-state index is 12.3. The summed E-state index contributed by atoms with van der Waals surface area (Å²) in [7, 11) is 3.82. The lowest BCUT2D eigenvalue weighted by Gasteiger charge is -2.21. The van der Waals surface area contributed by atoms with E-state index in [0.717, 1.165) is 64.2 Å². The van der Waals surface area contributed by atoms with Crippen LogP contribution in [0.15, 0.2) is 72.9 Å². The summed E-state index contributed by atoms with van der Waals surface area (Å²) in [5, 5.41) is 0. The molecule has 0 aromatic heterocycles. The molecule has 0 heterocycles. The molecule has 0 aromatic rings. The van der Waals surface area contributed by atoms with Crippen molar-refractivity contribution in [3.8, 4) is 0 Å². The van der Waals surface area contributed by atoms with Crippen LogP contribution >= 0.6 is 0 Å². The van der Waals surface area contributed by atoms with Crippen molar-refractivity contribution in [3.05, 3.63) is 72.9 Å². The van der Waals surface area contributed by atoms with Gasteiger partial charge < -0.3 is 14.4 Å². The molecule has 0 spiro atoms. The van der Waals surface area contributed by atoms with Crippen molar-refractivity contribution in [2.75, 3.05) is 27.2 Å². The number of hydrogen-bond acceptors (Lipinski definition) is 5. The van der Waals surface area contributed by atoms with Gasteiger partial charge in [-0.2, -0.15) is 0 Å². The molecule has 0 amide bonds. The normalized spacial score (nSPS) is 13.4. The van der Waals surface area contributed by atoms with E-state index in [-0.39, 0.29) is 18.5 Å². The molecule has 1 atom stereocenters. The summed E-state index contributed by atoms with van der Waals surface area (Å²) in [6.07, 6.45) is 35.1. The molecule has 0 saturated carbocycles. The van der Waals surface area contributed by atoms with Crippen molar-refractivity contribution in [2.45, 2.75) is 97.0 Å². The van der Waals surface area contributed by atoms with Gasteiger partial charge in [-0.25, -0.2) is 0 Å². The van der Waals surface area contributed by atoms with Gasteiger partial charge in [0, 0.05) is 19.4 Å². The Morgan fingerprint density at radius 1 is 0.632 bits per heavy atom. The second-order valence-corrected chi connectivity index (χ2v) is 9.43. The second kappa shape index (κ2) is 27.4. The van der Waals surface area contributed by atoms with Gasteiger partial charge in [0.05, 0.1) is 0 Å². The highest BCUT2D eigenvalue weighted by atomic mass is 16.6. The van der Waals surface area contributed by atoms with E-state index in [4.69, 9.17) is 9.47 Å². The van der Waals surface area contributed by atoms with E-state index in [0.29, 0.717) is 19.4 Å². The monoisotopic (exact) mass is 527 g/mol. The molecule has 0 rings (SSSR count). The van der Waals surface area contributed by atoms with Crippen molar-refractivity contribution in [2.24, 2.45) is 0 Å². The number of esters is 2. The van der Waals surface area contributed by atoms with Crippen molar-refractivity contribution in [1.82, 2.24) is 4.90 Å². The van der Waals surface area contributed by atoms with E-state index in [9.17, 15) is 9.59 Å². The molecule has 0 aliphatic rings. The standard InChI is InChI=1S/C33H53NO4/c1-5-7-9-11-13-15-17-19-21-23-25-27-32(35)37-30-31(29-34(3)4)38-33(36)28-26-24-22-20-18-16-14-12-10-8-6-2/h7-10,13-16,19-22,31H,5-6,11-12,17-18,23-30H2,1-4H3/b9-7+,10-8+,15-13+,16-14+,21-19+,22-20+. The van der Waals surface area contributed by atoms with Crippen molar-refractivity contribution >= 4 is 11.9 Å². The van der Waals surface area contributed by atoms with E-state index in [1.165, 1.54) is 0 Å². The van der Waals surface area contributed by atoms with Crippen LogP contribution < -0.4 is 0 Å². The quantitative estimate of drug-likeness (QED) is 0.0764. The van der Waals surface area contributed by atoms with Crippen molar-refractivity contribution < 1.29 is 19.1 Å². The zero-order chi connectivity index (χ0) is 28.1. The molecule has 5 nitrogen and oxygen atoms in total. The Kier molecular flexibility index (Phi) is 25.5. The lowest BCUT2D eigenvalue weighted by Crippen LogP contribution is -2.34. The summed E-state index contributed by atoms with van der Waals surface area (Å²) >= 11 is 0. The smallest absolute Gasteiger partial charge is 0.306 e. The molecule has 0 N–H and O–H groups in total. The van der Waals surface area contributed by atoms with E-state index in [1.807, 2.05) is 19.0 Å². The molecule has 5 heteroatoms. The number of nitrogens with zero attached hydrogens (tertiary/aromatic N) is 1. The van der Waals surface area contributed by atoms with Gasteiger partial charge in [0.2, 0.25) is 0 Å². The van der Waals surface area contributed by atoms with E-state index in [1.54, 1.807) is 0 Å². The van der Waals surface area contributed by atoms with Crippen molar-refractivity contribution in [3.63, 3.8) is 0 Å². The lowest BCUT2D eigenvalue weighted by atomic mass is 10.2. The molecule has 0 radical (unpaired) electrons. The number of carbonyl (C=O) groups excluding carboxylic acids is 2. The summed E-state index contributed by atoms with van der Waals surface area (Å²) < 4.78 is 11.0. The molecule has 1 unspecified atom stereocenters. The number of hydrogen-bond donors (Lipinski definition) is 0. The van der Waals surface area contributed by atoms with Crippen LogP contribution in [0.2, 0.25) is 0 Å². The first kappa shape index (κ1) is 35.3. The third-order valence-electron chi connectivity index (χ3n) is 5.36. The van der Waals surface area contributed by atoms with Gasteiger partial charge in [-0.3, -0.25) is 9.59 Å². The minimum Gasteiger partial charge on any atom is -0.462 e. The molecular formula is C33H53NO4. The third kappa shape index (κ3) is 26.4. The SMILES string of the molecule is CC/C=C/C/C=C/C/C=C/CCCC(=O)OCC(CN(C)C)OC(=O)CCC/C=C/C/C=C/C/C=C/CC. The molecule has 0 fully saturated rings. The molecule has 0 aliphatic heterocycles. The largest absolute Gasteiger partial charge is 0.462 e. The minimum absolute atomic E-state index is 0.0928. The van der Waals surface area contributed by atoms with E-state index < -0.39 is 6.10 Å². The zero-order valence-electron chi connectivity index (χ0n) is 24.5. The van der Waals surface area contributed by atoms with Crippen LogP contribution in [0.5, 0.6) is 0 Å². The number of carbonyl (C=O) groups is 2. The predicted molar refractivity (Wildman–Crippen MR) is 161 cm³/mol. The number of allylic oxidation sites excluding steroid dienone is 12. The molecule has 0 saturated heterocycles. The van der Waals surface area contributed by atoms with Crippen LogP contribution in [-0.4, -0.2) is 50.2 Å². The van der Waals surface area contributed by atoms with Crippen LogP contribution in [0.3, 0.4) is 0 Å². The Balaban J connectivity index is 4.08. The third-order valence-corrected chi connectivity index (χ3v) is 5.36. The van der Waals surface area contributed by atoms with Gasteiger partial charge in [0.15, 0.2) is 0 Å². The highest BCUT2D eigenvalue weighted by molar-refractivity contribution is 5.70. The fraction of sp³-hybridized carbons (Fsp3) is 0.576. The molecule has 0 bridgehead atoms. The number of ether oxygens (including phenoxy) is 2. The van der Waals surface area contributed by atoms with Crippen LogP contribution in [0.1, 0.15) is 90.9 Å². The summed E-state index contributed by atoms with van der Waals surface area (Å²) in [5.41, 5.74) is 0. The second-order valence-electron chi connectivity index (χ2n) is 9.43. The van der Waals surface area contributed by atoms with Crippen molar-refractivity contribution in [1.29, 1.82) is 0 Å². The van der Waals surface area contributed by atoms with Gasteiger partial charge in [0.1, 0.15) is 12.7 Å². The highest BCUT2D eigenvalue weighted by Crippen LogP contribution is 2.06. The molecule has 38 heavy (non-hydrogen) atoms. The summed E-state index contributed by atoms with van der Waals surface area (Å²) in [4.78, 5) is 26.3. The van der Waals surface area contributed by atoms with Crippen LogP contribution in [0.25, 0.3) is 0 Å². The fourth-order valence-electron chi connectivity index (χ4n) is 3.42. The number of rotatable bonds is 23. The summed E-state index contributed by atoms with van der Waals surface area (Å²) in [6, 6.07) is 0. The first-order valence-electron chi connectivity index (χ1n) is 14.4. The van der Waals surface area contributed by atoms with Gasteiger partial charge >= 0.3 is 11.9 Å². The number of unbranched alkanes of at least 4 members (excludes halogenated alkanes) is 2. The predicted octanol–water partition coefficient (Wildman–Crippen LogP) is 8.06. The highest BCUT2D eigenvalue weighted by Gasteiger charge is 2.17. The van der Waals surface area contributed by atoms with Gasteiger partial charge in [-0.1, -0.05) is 86.8 Å². The Morgan fingerprint density at radius 2 is 1.05 bits per heavy atom. The maximum absolute atomic E-state index is 12.3. The van der Waals surface area contributed by atoms with E-state index in [2.05, 4.69) is 86.8 Å². The Labute approximate surface area is 233 Å². The minimum atomic E-state index is -0.456. The topological polar surface area (TPSA) is 55.8 Å². The summed E-state index contributed by atoms with van der Waals surface area (Å²) in [5.74, 6) is -0.495. The average molecular weight is 528 g/mol. The Morgan fingerprint density at radius 3 is 1.50 bits per heavy atom. The van der Waals surface area contributed by atoms with Gasteiger partial charge in [0.25, 0.3) is 0 Å². The van der Waals surface area contributed by atoms with E-state index >= 15 is 0 Å². The lowest BCUT2D eigenvalue weighted by molar-refractivity contribution is -0.160. The molecule has 0 aliphatic carbocycles. The average Bonchev–Trinajstić information content (AvgIpc) is 2.88. The first-order chi connectivity index (χ1) is 18.5. The summed E-state index contributed by atoms with van der Waals surface area (Å²) in [6.45, 7) is 4.87. The van der Waals surface area contributed by atoms with Crippen LogP contribution in [0.4, 0.5) is 0 Å². The van der Waals surface area contributed by atoms with Gasteiger partial charge in [-0.15, -0.1) is 0 Å². The first-order valence-corrected chi connectivity index (χ1v) is 14.4. The molecule has 0 aromatic carbocycles. The molecular weight excluding hydrogens is 474 g/mol. The number of likely N-dealkylation sites (N-methyl/N-ethyl adjacent to an activating group) is 1. The van der Waals surface area contributed by atoms with Crippen LogP contribution in [-0.2, 0) is 19.1 Å². The zero-order valence-corrected chi connectivity index (χ0v) is 24.5. The Hall–Kier alpha value is -2.66. The Bertz CT molecular complexity index is 759. The molecule has 214 valence electrons. The maximum Gasteiger partial charge on any atom is 0.306 e. The van der Waals surface area contributed by atoms with Crippen LogP contribution in [0, 0.1) is 0 Å². The fourth-order valence-corrected chi connectivity index (χ4v) is 3.42. The van der Waals surface area contributed by atoms with Gasteiger partial charge in [-0.05, 0) is 78.3 Å².